The molecule has 0 spiro atoms. The second-order valence-corrected chi connectivity index (χ2v) is 15.1. The lowest BCUT2D eigenvalue weighted by molar-refractivity contribution is -0.0683. The van der Waals surface area contributed by atoms with E-state index >= 15 is 0 Å². The quantitative estimate of drug-likeness (QED) is 0.228. The van der Waals surface area contributed by atoms with E-state index in [9.17, 15) is 5.11 Å². The molecule has 4 rings (SSSR count). The van der Waals surface area contributed by atoms with E-state index in [0.29, 0.717) is 6.42 Å². The monoisotopic (exact) mass is 584 g/mol. The fourth-order valence-electron chi connectivity index (χ4n) is 7.74. The first-order chi connectivity index (χ1) is 20.0. The Bertz CT molecular complexity index is 1340. The second kappa shape index (κ2) is 12.9. The van der Waals surface area contributed by atoms with Crippen molar-refractivity contribution < 1.29 is 14.6 Å². The molecule has 0 aromatic heterocycles. The Morgan fingerprint density at radius 3 is 1.65 bits per heavy atom. The zero-order valence-corrected chi connectivity index (χ0v) is 28.5. The van der Waals surface area contributed by atoms with Gasteiger partial charge in [0.1, 0.15) is 0 Å². The van der Waals surface area contributed by atoms with Crippen LogP contribution in [-0.2, 0) is 9.47 Å². The molecule has 2 saturated carbocycles. The van der Waals surface area contributed by atoms with Crippen LogP contribution in [0.1, 0.15) is 101 Å². The van der Waals surface area contributed by atoms with Crippen LogP contribution in [0.5, 0.6) is 0 Å². The summed E-state index contributed by atoms with van der Waals surface area (Å²) in [7, 11) is 0. The predicted molar refractivity (Wildman–Crippen MR) is 182 cm³/mol. The summed E-state index contributed by atoms with van der Waals surface area (Å²) in [5.74, 6) is 0. The molecule has 0 bridgehead atoms. The maximum Gasteiger partial charge on any atom is 0.0982 e. The van der Waals surface area contributed by atoms with Crippen molar-refractivity contribution in [3.63, 3.8) is 0 Å². The van der Waals surface area contributed by atoms with Crippen molar-refractivity contribution in [2.75, 3.05) is 0 Å². The van der Waals surface area contributed by atoms with Gasteiger partial charge in [-0.05, 0) is 113 Å². The number of allylic oxidation sites excluding steroid dienone is 12. The summed E-state index contributed by atoms with van der Waals surface area (Å²) in [5.41, 5.74) is 7.31. The number of rotatable bonds is 8. The second-order valence-electron chi connectivity index (χ2n) is 15.1. The van der Waals surface area contributed by atoms with Crippen molar-refractivity contribution >= 4 is 0 Å². The molecular formula is C40H56O3. The van der Waals surface area contributed by atoms with Gasteiger partial charge in [-0.1, -0.05) is 99.6 Å². The van der Waals surface area contributed by atoms with Crippen LogP contribution in [0.4, 0.5) is 0 Å². The molecular weight excluding hydrogens is 528 g/mol. The molecule has 0 radical (unpaired) electrons. The molecule has 0 aromatic carbocycles. The normalized spacial score (nSPS) is 35.1. The SMILES string of the molecule is CC(/C=C/C=C(\C)[C@@H]1C=C2C(C)(C)CCC[C@@]2(C)O1)=C\C=C\C=C(C)\C=C\C=C(/C)[C@@H]1C=C2C(C)(C)C[C@@H](O)C[C@]2(C)O1. The molecule has 4 aliphatic rings. The smallest absolute Gasteiger partial charge is 0.0982 e. The summed E-state index contributed by atoms with van der Waals surface area (Å²) < 4.78 is 13.0. The molecule has 2 aliphatic carbocycles. The Balaban J connectivity index is 1.29. The lowest BCUT2D eigenvalue weighted by Crippen LogP contribution is -2.45. The van der Waals surface area contributed by atoms with E-state index in [1.807, 2.05) is 0 Å². The molecule has 0 saturated heterocycles. The molecule has 3 nitrogen and oxygen atoms in total. The zero-order valence-electron chi connectivity index (χ0n) is 28.5. The van der Waals surface area contributed by atoms with Crippen molar-refractivity contribution in [1.82, 2.24) is 0 Å². The fourth-order valence-corrected chi connectivity index (χ4v) is 7.74. The highest BCUT2D eigenvalue weighted by Crippen LogP contribution is 2.53. The average molecular weight is 585 g/mol. The molecule has 0 unspecified atom stereocenters. The number of aliphatic hydroxyl groups excluding tert-OH is 1. The van der Waals surface area contributed by atoms with Crippen molar-refractivity contribution in [2.45, 2.75) is 131 Å². The minimum absolute atomic E-state index is 0.0411. The minimum Gasteiger partial charge on any atom is -0.393 e. The molecule has 0 amide bonds. The average Bonchev–Trinajstić information content (AvgIpc) is 3.45. The van der Waals surface area contributed by atoms with Gasteiger partial charge in [0.2, 0.25) is 0 Å². The van der Waals surface area contributed by atoms with E-state index in [4.69, 9.17) is 9.47 Å². The van der Waals surface area contributed by atoms with Crippen LogP contribution in [0.2, 0.25) is 0 Å². The van der Waals surface area contributed by atoms with E-state index in [2.05, 4.69) is 142 Å². The summed E-state index contributed by atoms with van der Waals surface area (Å²) in [4.78, 5) is 0. The van der Waals surface area contributed by atoms with Crippen LogP contribution in [-0.4, -0.2) is 34.6 Å². The van der Waals surface area contributed by atoms with Crippen LogP contribution in [0.25, 0.3) is 0 Å². The topological polar surface area (TPSA) is 38.7 Å². The molecule has 3 heteroatoms. The molecule has 5 atom stereocenters. The molecule has 1 N–H and O–H groups in total. The molecule has 0 aromatic rings. The van der Waals surface area contributed by atoms with Crippen LogP contribution >= 0.6 is 0 Å². The Morgan fingerprint density at radius 1 is 0.651 bits per heavy atom. The maximum atomic E-state index is 10.4. The lowest BCUT2D eigenvalue weighted by atomic mass is 9.65. The largest absolute Gasteiger partial charge is 0.393 e. The third kappa shape index (κ3) is 7.80. The molecule has 2 aliphatic heterocycles. The number of hydrogen-bond acceptors (Lipinski definition) is 3. The zero-order chi connectivity index (χ0) is 31.6. The van der Waals surface area contributed by atoms with Gasteiger partial charge in [0, 0.05) is 6.42 Å². The van der Waals surface area contributed by atoms with Gasteiger partial charge in [-0.25, -0.2) is 0 Å². The Morgan fingerprint density at radius 2 is 1.14 bits per heavy atom. The van der Waals surface area contributed by atoms with Gasteiger partial charge in [-0.15, -0.1) is 0 Å². The van der Waals surface area contributed by atoms with E-state index in [0.717, 1.165) is 12.8 Å². The third-order valence-corrected chi connectivity index (χ3v) is 10.00. The molecule has 43 heavy (non-hydrogen) atoms. The Kier molecular flexibility index (Phi) is 10.0. The molecule has 234 valence electrons. The van der Waals surface area contributed by atoms with Gasteiger partial charge < -0.3 is 14.6 Å². The van der Waals surface area contributed by atoms with Crippen molar-refractivity contribution in [3.05, 3.63) is 106 Å². The van der Waals surface area contributed by atoms with E-state index in [-0.39, 0.29) is 40.3 Å². The van der Waals surface area contributed by atoms with E-state index < -0.39 is 0 Å². The number of aliphatic hydroxyl groups is 1. The summed E-state index contributed by atoms with van der Waals surface area (Å²) in [5, 5.41) is 10.4. The van der Waals surface area contributed by atoms with E-state index in [1.165, 1.54) is 46.3 Å². The summed E-state index contributed by atoms with van der Waals surface area (Å²) in [6, 6.07) is 0. The van der Waals surface area contributed by atoms with Gasteiger partial charge in [0.05, 0.1) is 29.5 Å². The van der Waals surface area contributed by atoms with Crippen molar-refractivity contribution in [1.29, 1.82) is 0 Å². The van der Waals surface area contributed by atoms with E-state index in [1.54, 1.807) is 0 Å². The Labute approximate surface area is 262 Å². The van der Waals surface area contributed by atoms with Gasteiger partial charge in [0.25, 0.3) is 0 Å². The Hall–Kier alpha value is -2.46. The van der Waals surface area contributed by atoms with Crippen molar-refractivity contribution in [2.24, 2.45) is 10.8 Å². The van der Waals surface area contributed by atoms with Crippen LogP contribution in [0.3, 0.4) is 0 Å². The maximum absolute atomic E-state index is 10.4. The summed E-state index contributed by atoms with van der Waals surface area (Å²) in [6.45, 7) is 22.1. The standard InChI is InChI=1S/C40H56O3/c1-28(18-13-20-30(3)33-24-35-37(5,6)22-15-23-39(35,9)42-33)16-11-12-17-29(2)19-14-21-31(4)34-25-36-38(7,8)26-32(41)27-40(36,10)43-34/h11-14,16-21,24-25,32-34,41H,15,22-23,26-27H2,1-10H3/b12-11+,18-13+,19-14+,28-16+,29-17+,30-20+,31-21+/t32-,33+,34+,39-,40+/m1/s1. The van der Waals surface area contributed by atoms with Gasteiger partial charge >= 0.3 is 0 Å². The number of hydrogen-bond donors (Lipinski definition) is 1. The highest BCUT2D eigenvalue weighted by atomic mass is 16.5. The minimum atomic E-state index is -0.377. The highest BCUT2D eigenvalue weighted by molar-refractivity contribution is 5.38. The van der Waals surface area contributed by atoms with Gasteiger partial charge in [0.15, 0.2) is 0 Å². The summed E-state index contributed by atoms with van der Waals surface area (Å²) in [6.07, 6.45) is 30.7. The molecule has 2 fully saturated rings. The first kappa shape index (κ1) is 33.4. The molecule has 2 heterocycles. The lowest BCUT2D eigenvalue weighted by Gasteiger charge is -2.44. The third-order valence-electron chi connectivity index (χ3n) is 10.00. The van der Waals surface area contributed by atoms with Crippen LogP contribution in [0, 0.1) is 10.8 Å². The number of fused-ring (bicyclic) bond motifs is 2. The fraction of sp³-hybridized carbons (Fsp3) is 0.550. The van der Waals surface area contributed by atoms with Gasteiger partial charge in [-0.2, -0.15) is 0 Å². The number of ether oxygens (including phenoxy) is 2. The van der Waals surface area contributed by atoms with Crippen LogP contribution in [0.15, 0.2) is 106 Å². The van der Waals surface area contributed by atoms with Crippen LogP contribution < -0.4 is 0 Å². The highest BCUT2D eigenvalue weighted by Gasteiger charge is 2.50. The summed E-state index contributed by atoms with van der Waals surface area (Å²) >= 11 is 0. The first-order valence-corrected chi connectivity index (χ1v) is 16.3. The predicted octanol–water partition coefficient (Wildman–Crippen LogP) is 10.00. The van der Waals surface area contributed by atoms with Crippen molar-refractivity contribution in [3.8, 4) is 0 Å². The first-order valence-electron chi connectivity index (χ1n) is 16.3. The van der Waals surface area contributed by atoms with Gasteiger partial charge in [-0.3, -0.25) is 0 Å².